The highest BCUT2D eigenvalue weighted by molar-refractivity contribution is 8.00. The molecule has 24 heavy (non-hydrogen) atoms. The van der Waals surface area contributed by atoms with Crippen molar-refractivity contribution in [3.05, 3.63) is 22.9 Å². The predicted octanol–water partition coefficient (Wildman–Crippen LogP) is 3.20. The van der Waals surface area contributed by atoms with Gasteiger partial charge in [-0.3, -0.25) is 4.79 Å². The second-order valence-corrected chi connectivity index (χ2v) is 7.34. The second kappa shape index (κ2) is 9.05. The molecular weight excluding hydrogens is 322 g/mol. The number of ether oxygens (including phenoxy) is 1. The van der Waals surface area contributed by atoms with Gasteiger partial charge in [0.05, 0.1) is 17.9 Å². The van der Waals surface area contributed by atoms with Crippen LogP contribution in [0.3, 0.4) is 0 Å². The summed E-state index contributed by atoms with van der Waals surface area (Å²) in [6.07, 6.45) is 4.67. The number of pyridine rings is 1. The van der Waals surface area contributed by atoms with E-state index in [1.54, 1.807) is 7.11 Å². The molecule has 1 aliphatic carbocycles. The van der Waals surface area contributed by atoms with Gasteiger partial charge in [0.25, 0.3) is 0 Å². The van der Waals surface area contributed by atoms with Crippen LogP contribution in [0.5, 0.6) is 0 Å². The van der Waals surface area contributed by atoms with Crippen molar-refractivity contribution in [2.75, 3.05) is 12.9 Å². The van der Waals surface area contributed by atoms with Crippen LogP contribution in [-0.2, 0) is 16.1 Å². The molecule has 1 aromatic rings. The number of methoxy groups -OCH3 is 1. The van der Waals surface area contributed by atoms with E-state index < -0.39 is 0 Å². The Labute approximate surface area is 148 Å². The van der Waals surface area contributed by atoms with Crippen LogP contribution in [-0.4, -0.2) is 29.8 Å². The number of rotatable bonds is 6. The standard InChI is InChI=1S/C18H25N3O2S/c1-12-6-4-5-7-16(12)21-17(22)11-24-18-15(9-19)14(10-23-3)8-13(2)20-18/h8,12,16H,4-7,10-11H2,1-3H3,(H,21,22)/t12-,16-/m0/s1. The first kappa shape index (κ1) is 18.8. The topological polar surface area (TPSA) is 75.0 Å². The van der Waals surface area contributed by atoms with Crippen molar-refractivity contribution in [3.8, 4) is 6.07 Å². The zero-order valence-corrected chi connectivity index (χ0v) is 15.4. The molecule has 5 nitrogen and oxygen atoms in total. The first-order valence-electron chi connectivity index (χ1n) is 8.36. The van der Waals surface area contributed by atoms with Crippen molar-refractivity contribution < 1.29 is 9.53 Å². The molecule has 6 heteroatoms. The van der Waals surface area contributed by atoms with Crippen LogP contribution >= 0.6 is 11.8 Å². The van der Waals surface area contributed by atoms with E-state index in [0.717, 1.165) is 17.7 Å². The minimum absolute atomic E-state index is 0.0132. The molecule has 0 aliphatic heterocycles. The van der Waals surface area contributed by atoms with Gasteiger partial charge in [-0.2, -0.15) is 5.26 Å². The molecule has 0 saturated heterocycles. The zero-order valence-electron chi connectivity index (χ0n) is 14.6. The van der Waals surface area contributed by atoms with Gasteiger partial charge in [-0.1, -0.05) is 31.5 Å². The van der Waals surface area contributed by atoms with Crippen LogP contribution < -0.4 is 5.32 Å². The van der Waals surface area contributed by atoms with Gasteiger partial charge in [0, 0.05) is 18.8 Å². The third-order valence-corrected chi connectivity index (χ3v) is 5.38. The number of carbonyl (C=O) groups excluding carboxylic acids is 1. The molecule has 0 unspecified atom stereocenters. The molecule has 1 fully saturated rings. The van der Waals surface area contributed by atoms with Crippen molar-refractivity contribution >= 4 is 17.7 Å². The summed E-state index contributed by atoms with van der Waals surface area (Å²) in [6.45, 7) is 4.45. The summed E-state index contributed by atoms with van der Waals surface area (Å²) in [5.74, 6) is 0.827. The van der Waals surface area contributed by atoms with E-state index >= 15 is 0 Å². The molecule has 0 bridgehead atoms. The van der Waals surface area contributed by atoms with Crippen LogP contribution in [0.15, 0.2) is 11.1 Å². The fraction of sp³-hybridized carbons (Fsp3) is 0.611. The minimum atomic E-state index is 0.0132. The number of aromatic nitrogens is 1. The number of thioether (sulfide) groups is 1. The molecule has 1 heterocycles. The van der Waals surface area contributed by atoms with E-state index in [9.17, 15) is 10.1 Å². The average molecular weight is 347 g/mol. The van der Waals surface area contributed by atoms with Gasteiger partial charge in [0.1, 0.15) is 11.1 Å². The number of hydrogen-bond donors (Lipinski definition) is 1. The van der Waals surface area contributed by atoms with Crippen LogP contribution in [0.1, 0.15) is 49.4 Å². The van der Waals surface area contributed by atoms with Crippen molar-refractivity contribution in [2.24, 2.45) is 5.92 Å². The Morgan fingerprint density at radius 2 is 2.25 bits per heavy atom. The van der Waals surface area contributed by atoms with Crippen molar-refractivity contribution in [3.63, 3.8) is 0 Å². The summed E-state index contributed by atoms with van der Waals surface area (Å²) in [5.41, 5.74) is 2.15. The summed E-state index contributed by atoms with van der Waals surface area (Å²) in [5, 5.41) is 13.2. The van der Waals surface area contributed by atoms with E-state index in [4.69, 9.17) is 4.74 Å². The number of carbonyl (C=O) groups is 1. The molecule has 2 rings (SSSR count). The van der Waals surface area contributed by atoms with Crippen molar-refractivity contribution in [1.82, 2.24) is 10.3 Å². The number of nitrogens with zero attached hydrogens (tertiary/aromatic N) is 2. The molecule has 2 atom stereocenters. The van der Waals surface area contributed by atoms with Gasteiger partial charge in [-0.25, -0.2) is 4.98 Å². The molecule has 130 valence electrons. The summed E-state index contributed by atoms with van der Waals surface area (Å²) in [4.78, 5) is 16.7. The van der Waals surface area contributed by atoms with Gasteiger partial charge in [-0.15, -0.1) is 0 Å². The zero-order chi connectivity index (χ0) is 17.5. The first-order valence-corrected chi connectivity index (χ1v) is 9.35. The minimum Gasteiger partial charge on any atom is -0.380 e. The summed E-state index contributed by atoms with van der Waals surface area (Å²) < 4.78 is 5.15. The summed E-state index contributed by atoms with van der Waals surface area (Å²) in [6, 6.07) is 4.33. The summed E-state index contributed by atoms with van der Waals surface area (Å²) >= 11 is 1.32. The normalized spacial score (nSPS) is 20.4. The molecule has 0 radical (unpaired) electrons. The number of amides is 1. The third kappa shape index (κ3) is 4.96. The van der Waals surface area contributed by atoms with Crippen LogP contribution in [0.2, 0.25) is 0 Å². The highest BCUT2D eigenvalue weighted by Gasteiger charge is 2.23. The fourth-order valence-corrected chi connectivity index (χ4v) is 4.00. The third-order valence-electron chi connectivity index (χ3n) is 4.41. The van der Waals surface area contributed by atoms with E-state index in [-0.39, 0.29) is 17.7 Å². The highest BCUT2D eigenvalue weighted by atomic mass is 32.2. The Bertz CT molecular complexity index is 627. The Kier molecular flexibility index (Phi) is 7.07. The maximum atomic E-state index is 12.3. The molecule has 1 amide bonds. The van der Waals surface area contributed by atoms with Crippen molar-refractivity contribution in [1.29, 1.82) is 5.26 Å². The Hall–Kier alpha value is -1.58. The first-order chi connectivity index (χ1) is 11.5. The average Bonchev–Trinajstić information content (AvgIpc) is 2.55. The van der Waals surface area contributed by atoms with Crippen LogP contribution in [0.4, 0.5) is 0 Å². The van der Waals surface area contributed by atoms with Gasteiger partial charge in [0.2, 0.25) is 5.91 Å². The Balaban J connectivity index is 2.00. The lowest BCUT2D eigenvalue weighted by molar-refractivity contribution is -0.119. The van der Waals surface area contributed by atoms with E-state index in [1.165, 1.54) is 31.0 Å². The largest absolute Gasteiger partial charge is 0.380 e. The number of hydrogen-bond acceptors (Lipinski definition) is 5. The molecular formula is C18H25N3O2S. The maximum Gasteiger partial charge on any atom is 0.230 e. The van der Waals surface area contributed by atoms with E-state index in [2.05, 4.69) is 23.3 Å². The predicted molar refractivity (Wildman–Crippen MR) is 94.7 cm³/mol. The van der Waals surface area contributed by atoms with E-state index in [0.29, 0.717) is 23.1 Å². The number of nitrogens with one attached hydrogen (secondary N) is 1. The monoisotopic (exact) mass is 347 g/mol. The van der Waals surface area contributed by atoms with E-state index in [1.807, 2.05) is 13.0 Å². The summed E-state index contributed by atoms with van der Waals surface area (Å²) in [7, 11) is 1.60. The van der Waals surface area contributed by atoms with Gasteiger partial charge >= 0.3 is 0 Å². The molecule has 1 N–H and O–H groups in total. The second-order valence-electron chi connectivity index (χ2n) is 6.37. The fourth-order valence-electron chi connectivity index (χ4n) is 3.12. The Morgan fingerprint density at radius 3 is 2.92 bits per heavy atom. The van der Waals surface area contributed by atoms with Crippen molar-refractivity contribution in [2.45, 2.75) is 57.2 Å². The van der Waals surface area contributed by atoms with Gasteiger partial charge < -0.3 is 10.1 Å². The lowest BCUT2D eigenvalue weighted by Gasteiger charge is -2.29. The SMILES string of the molecule is COCc1cc(C)nc(SCC(=O)N[C@H]2CCCC[C@@H]2C)c1C#N. The molecule has 0 aromatic carbocycles. The number of aryl methyl sites for hydroxylation is 1. The Morgan fingerprint density at radius 1 is 1.50 bits per heavy atom. The number of nitriles is 1. The maximum absolute atomic E-state index is 12.3. The van der Waals surface area contributed by atoms with Crippen LogP contribution in [0.25, 0.3) is 0 Å². The molecule has 0 spiro atoms. The molecule has 1 aromatic heterocycles. The highest BCUT2D eigenvalue weighted by Crippen LogP contribution is 2.26. The van der Waals surface area contributed by atoms with Gasteiger partial charge in [0.15, 0.2) is 0 Å². The molecule has 1 saturated carbocycles. The quantitative estimate of drug-likeness (QED) is 0.800. The van der Waals surface area contributed by atoms with Crippen LogP contribution in [0, 0.1) is 24.2 Å². The molecule has 1 aliphatic rings. The lowest BCUT2D eigenvalue weighted by Crippen LogP contribution is -2.41. The van der Waals surface area contributed by atoms with Gasteiger partial charge in [-0.05, 0) is 37.3 Å². The lowest BCUT2D eigenvalue weighted by atomic mass is 9.86. The smallest absolute Gasteiger partial charge is 0.230 e.